The van der Waals surface area contributed by atoms with E-state index in [-0.39, 0.29) is 17.4 Å². The van der Waals surface area contributed by atoms with Crippen molar-refractivity contribution >= 4 is 46.9 Å². The van der Waals surface area contributed by atoms with Gasteiger partial charge in [-0.3, -0.25) is 14.4 Å². The second-order valence-corrected chi connectivity index (χ2v) is 10.4. The highest BCUT2D eigenvalue weighted by Crippen LogP contribution is 2.35. The second kappa shape index (κ2) is 15.9. The molecule has 4 rings (SSSR count). The molecule has 0 fully saturated rings. The number of anilines is 2. The molecule has 4 aromatic rings. The first-order valence-electron chi connectivity index (χ1n) is 13.7. The van der Waals surface area contributed by atoms with Crippen LogP contribution in [-0.2, 0) is 9.59 Å². The molecule has 0 heterocycles. The first-order valence-corrected chi connectivity index (χ1v) is 14.7. The quantitative estimate of drug-likeness (QED) is 0.124. The lowest BCUT2D eigenvalue weighted by molar-refractivity contribution is -0.114. The monoisotopic (exact) mass is 627 g/mol. The van der Waals surface area contributed by atoms with E-state index in [1.807, 2.05) is 18.2 Å². The van der Waals surface area contributed by atoms with Crippen LogP contribution in [0.25, 0.3) is 6.08 Å². The highest BCUT2D eigenvalue weighted by atomic mass is 32.2. The molecule has 0 radical (unpaired) electrons. The molecule has 0 spiro atoms. The standard InChI is InChI=1S/C34H33N3O7S/c1-41-28-16-9-8-15-26(28)36-32(38)21-45-25-14-10-13-24(19-25)35-34(40)27(37-33(39)22-11-6-5-7-12-22)17-23-18-30(43-3)31(44-4)20-29(23)42-2/h5-20H,21H2,1-4H3,(H,35,40)(H,36,38)(H,37,39)/b27-17+. The minimum absolute atomic E-state index is 0.0383. The summed E-state index contributed by atoms with van der Waals surface area (Å²) in [6, 6.07) is 26.0. The number of methoxy groups -OCH3 is 4. The molecule has 10 nitrogen and oxygen atoms in total. The number of hydrogen-bond acceptors (Lipinski definition) is 8. The maximum Gasteiger partial charge on any atom is 0.272 e. The Hall–Kier alpha value is -5.42. The van der Waals surface area contributed by atoms with Crippen LogP contribution in [0, 0.1) is 0 Å². The van der Waals surface area contributed by atoms with Crippen LogP contribution in [0.2, 0.25) is 0 Å². The minimum Gasteiger partial charge on any atom is -0.496 e. The third kappa shape index (κ3) is 8.80. The van der Waals surface area contributed by atoms with Crippen molar-refractivity contribution in [1.82, 2.24) is 5.32 Å². The van der Waals surface area contributed by atoms with Gasteiger partial charge in [0.25, 0.3) is 11.8 Å². The van der Waals surface area contributed by atoms with Crippen molar-refractivity contribution in [2.45, 2.75) is 4.90 Å². The Kier molecular flexibility index (Phi) is 11.5. The summed E-state index contributed by atoms with van der Waals surface area (Å²) in [5.74, 6) is 0.694. The molecule has 3 amide bonds. The Balaban J connectivity index is 1.55. The van der Waals surface area contributed by atoms with Crippen LogP contribution in [-0.4, -0.2) is 51.9 Å². The molecule has 11 heteroatoms. The largest absolute Gasteiger partial charge is 0.496 e. The fourth-order valence-electron chi connectivity index (χ4n) is 4.21. The second-order valence-electron chi connectivity index (χ2n) is 9.35. The zero-order chi connectivity index (χ0) is 32.2. The molecular formula is C34H33N3O7S. The van der Waals surface area contributed by atoms with Crippen LogP contribution >= 0.6 is 11.8 Å². The summed E-state index contributed by atoms with van der Waals surface area (Å²) in [7, 11) is 6.03. The number of amides is 3. The van der Waals surface area contributed by atoms with Gasteiger partial charge in [0.1, 0.15) is 17.2 Å². The highest BCUT2D eigenvalue weighted by molar-refractivity contribution is 8.00. The molecule has 0 aliphatic carbocycles. The fourth-order valence-corrected chi connectivity index (χ4v) is 4.96. The van der Waals surface area contributed by atoms with Crippen molar-refractivity contribution in [3.63, 3.8) is 0 Å². The van der Waals surface area contributed by atoms with E-state index in [0.717, 1.165) is 4.90 Å². The lowest BCUT2D eigenvalue weighted by Crippen LogP contribution is -2.30. The van der Waals surface area contributed by atoms with Crippen LogP contribution in [0.4, 0.5) is 11.4 Å². The van der Waals surface area contributed by atoms with Gasteiger partial charge in [0.2, 0.25) is 5.91 Å². The zero-order valence-corrected chi connectivity index (χ0v) is 26.0. The third-order valence-corrected chi connectivity index (χ3v) is 7.40. The predicted molar refractivity (Wildman–Crippen MR) is 175 cm³/mol. The van der Waals surface area contributed by atoms with Crippen LogP contribution in [0.15, 0.2) is 102 Å². The fraction of sp³-hybridized carbons (Fsp3) is 0.147. The van der Waals surface area contributed by atoms with Crippen LogP contribution in [0.5, 0.6) is 23.0 Å². The molecular weight excluding hydrogens is 594 g/mol. The summed E-state index contributed by atoms with van der Waals surface area (Å²) in [5, 5.41) is 8.41. The van der Waals surface area contributed by atoms with Gasteiger partial charge in [0, 0.05) is 27.8 Å². The molecule has 0 bridgehead atoms. The summed E-state index contributed by atoms with van der Waals surface area (Å²) in [6.07, 6.45) is 1.50. The van der Waals surface area contributed by atoms with Crippen molar-refractivity contribution in [2.24, 2.45) is 0 Å². The summed E-state index contributed by atoms with van der Waals surface area (Å²) >= 11 is 1.30. The minimum atomic E-state index is -0.577. The number of hydrogen-bond donors (Lipinski definition) is 3. The third-order valence-electron chi connectivity index (χ3n) is 6.41. The maximum absolute atomic E-state index is 13.6. The number of rotatable bonds is 13. The number of para-hydroxylation sites is 2. The van der Waals surface area contributed by atoms with Crippen LogP contribution in [0.1, 0.15) is 15.9 Å². The first-order chi connectivity index (χ1) is 21.8. The smallest absolute Gasteiger partial charge is 0.272 e. The van der Waals surface area contributed by atoms with Crippen molar-refractivity contribution in [3.05, 3.63) is 108 Å². The lowest BCUT2D eigenvalue weighted by atomic mass is 10.1. The molecule has 0 aliphatic rings. The zero-order valence-electron chi connectivity index (χ0n) is 25.2. The van der Waals surface area contributed by atoms with Crippen molar-refractivity contribution < 1.29 is 33.3 Å². The summed E-state index contributed by atoms with van der Waals surface area (Å²) in [5.41, 5.74) is 1.85. The van der Waals surface area contributed by atoms with E-state index in [1.165, 1.54) is 46.3 Å². The van der Waals surface area contributed by atoms with Gasteiger partial charge >= 0.3 is 0 Å². The molecule has 0 atom stereocenters. The number of thioether (sulfide) groups is 1. The SMILES string of the molecule is COc1cc(OC)c(OC)cc1/C=C(/NC(=O)c1ccccc1)C(=O)Nc1cccc(SCC(=O)Nc2ccccc2OC)c1. The van der Waals surface area contributed by atoms with E-state index in [0.29, 0.717) is 45.5 Å². The van der Waals surface area contributed by atoms with Gasteiger partial charge in [-0.25, -0.2) is 0 Å². The first kappa shape index (κ1) is 32.5. The number of carbonyl (C=O) groups is 3. The molecule has 0 saturated heterocycles. The van der Waals surface area contributed by atoms with Gasteiger partial charge in [-0.05, 0) is 54.6 Å². The lowest BCUT2D eigenvalue weighted by Gasteiger charge is -2.15. The normalized spacial score (nSPS) is 10.8. The van der Waals surface area contributed by atoms with E-state index < -0.39 is 11.8 Å². The summed E-state index contributed by atoms with van der Waals surface area (Å²) < 4.78 is 21.6. The Labute approximate surface area is 265 Å². The van der Waals surface area contributed by atoms with Crippen molar-refractivity contribution in [1.29, 1.82) is 0 Å². The van der Waals surface area contributed by atoms with E-state index in [4.69, 9.17) is 18.9 Å². The summed E-state index contributed by atoms with van der Waals surface area (Å²) in [4.78, 5) is 40.1. The number of benzene rings is 4. The molecule has 3 N–H and O–H groups in total. The molecule has 0 unspecified atom stereocenters. The van der Waals surface area contributed by atoms with E-state index in [1.54, 1.807) is 72.8 Å². The van der Waals surface area contributed by atoms with Crippen molar-refractivity contribution in [2.75, 3.05) is 44.8 Å². The Morgan fingerprint density at radius 3 is 2.07 bits per heavy atom. The van der Waals surface area contributed by atoms with Gasteiger partial charge in [-0.15, -0.1) is 11.8 Å². The van der Waals surface area contributed by atoms with Crippen molar-refractivity contribution in [3.8, 4) is 23.0 Å². The predicted octanol–water partition coefficient (Wildman–Crippen LogP) is 5.86. The highest BCUT2D eigenvalue weighted by Gasteiger charge is 2.18. The van der Waals surface area contributed by atoms with Gasteiger partial charge < -0.3 is 34.9 Å². The Morgan fingerprint density at radius 1 is 0.689 bits per heavy atom. The van der Waals surface area contributed by atoms with Gasteiger partial charge in [-0.2, -0.15) is 0 Å². The van der Waals surface area contributed by atoms with E-state index in [2.05, 4.69) is 16.0 Å². The number of carbonyl (C=O) groups excluding carboxylic acids is 3. The van der Waals surface area contributed by atoms with Crippen LogP contribution in [0.3, 0.4) is 0 Å². The van der Waals surface area contributed by atoms with E-state index in [9.17, 15) is 14.4 Å². The molecule has 0 saturated carbocycles. The molecule has 232 valence electrons. The topological polar surface area (TPSA) is 124 Å². The number of ether oxygens (including phenoxy) is 4. The Bertz CT molecular complexity index is 1690. The summed E-state index contributed by atoms with van der Waals surface area (Å²) in [6.45, 7) is 0. The van der Waals surface area contributed by atoms with Gasteiger partial charge in [-0.1, -0.05) is 36.4 Å². The number of nitrogens with one attached hydrogen (secondary N) is 3. The van der Waals surface area contributed by atoms with Gasteiger partial charge in [0.05, 0.1) is 39.9 Å². The van der Waals surface area contributed by atoms with E-state index >= 15 is 0 Å². The van der Waals surface area contributed by atoms with Crippen LogP contribution < -0.4 is 34.9 Å². The maximum atomic E-state index is 13.6. The molecule has 4 aromatic carbocycles. The average molecular weight is 628 g/mol. The molecule has 45 heavy (non-hydrogen) atoms. The average Bonchev–Trinajstić information content (AvgIpc) is 3.07. The Morgan fingerprint density at radius 2 is 1.36 bits per heavy atom. The molecule has 0 aliphatic heterocycles. The molecule has 0 aromatic heterocycles. The van der Waals surface area contributed by atoms with Gasteiger partial charge in [0.15, 0.2) is 11.5 Å².